The molecule has 19 heavy (non-hydrogen) atoms. The standard InChI is InChI=1S/C13H18N4O2/c1-8-5-10-6-12(18)11(9(2)17(10)15-8)7-14-13(19)16(3)4/h5-6,15H,7H2,1-4H3,(H,14,19). The zero-order valence-electron chi connectivity index (χ0n) is 11.6. The van der Waals surface area contributed by atoms with Crippen LogP contribution in [-0.4, -0.2) is 34.6 Å². The third-order valence-electron chi connectivity index (χ3n) is 3.08. The quantitative estimate of drug-likeness (QED) is 0.848. The molecule has 0 aliphatic rings. The molecule has 2 aromatic rings. The highest BCUT2D eigenvalue weighted by Crippen LogP contribution is 2.09. The summed E-state index contributed by atoms with van der Waals surface area (Å²) in [7, 11) is 3.32. The van der Waals surface area contributed by atoms with E-state index in [2.05, 4.69) is 10.4 Å². The van der Waals surface area contributed by atoms with Gasteiger partial charge < -0.3 is 10.2 Å². The zero-order chi connectivity index (χ0) is 14.2. The van der Waals surface area contributed by atoms with E-state index in [-0.39, 0.29) is 18.0 Å². The van der Waals surface area contributed by atoms with E-state index in [0.29, 0.717) is 5.56 Å². The van der Waals surface area contributed by atoms with E-state index in [9.17, 15) is 9.59 Å². The molecule has 2 rings (SSSR count). The molecule has 0 aliphatic carbocycles. The molecule has 102 valence electrons. The lowest BCUT2D eigenvalue weighted by Gasteiger charge is -2.13. The maximum absolute atomic E-state index is 12.1. The Hall–Kier alpha value is -2.24. The molecule has 0 saturated carbocycles. The van der Waals surface area contributed by atoms with Gasteiger partial charge >= 0.3 is 6.03 Å². The Morgan fingerprint density at radius 3 is 2.68 bits per heavy atom. The molecule has 0 aromatic carbocycles. The maximum atomic E-state index is 12.1. The number of amides is 2. The van der Waals surface area contributed by atoms with Crippen LogP contribution in [0.3, 0.4) is 0 Å². The van der Waals surface area contributed by atoms with Gasteiger partial charge in [0.15, 0.2) is 5.43 Å². The maximum Gasteiger partial charge on any atom is 0.317 e. The predicted octanol–water partition coefficient (Wildman–Crippen LogP) is 1.02. The van der Waals surface area contributed by atoms with Gasteiger partial charge in [-0.15, -0.1) is 0 Å². The van der Waals surface area contributed by atoms with Gasteiger partial charge in [-0.3, -0.25) is 14.4 Å². The van der Waals surface area contributed by atoms with Crippen molar-refractivity contribution in [3.63, 3.8) is 0 Å². The summed E-state index contributed by atoms with van der Waals surface area (Å²) in [5.74, 6) is 0. The van der Waals surface area contributed by atoms with Crippen molar-refractivity contribution in [2.75, 3.05) is 14.1 Å². The Labute approximate surface area is 111 Å². The van der Waals surface area contributed by atoms with Gasteiger partial charge in [0.1, 0.15) is 0 Å². The van der Waals surface area contributed by atoms with Crippen molar-refractivity contribution < 1.29 is 4.79 Å². The van der Waals surface area contributed by atoms with Crippen LogP contribution in [0.25, 0.3) is 5.52 Å². The lowest BCUT2D eigenvalue weighted by Crippen LogP contribution is -2.35. The number of H-pyrrole nitrogens is 1. The fourth-order valence-electron chi connectivity index (χ4n) is 2.02. The lowest BCUT2D eigenvalue weighted by atomic mass is 10.2. The third kappa shape index (κ3) is 2.47. The first kappa shape index (κ1) is 13.2. The molecule has 2 aromatic heterocycles. The molecule has 2 amide bonds. The number of hydrogen-bond acceptors (Lipinski definition) is 2. The minimum Gasteiger partial charge on any atom is -0.334 e. The summed E-state index contributed by atoms with van der Waals surface area (Å²) >= 11 is 0. The van der Waals surface area contributed by atoms with Crippen molar-refractivity contribution in [2.24, 2.45) is 0 Å². The smallest absolute Gasteiger partial charge is 0.317 e. The molecule has 0 saturated heterocycles. The Bertz CT molecular complexity index is 682. The minimum atomic E-state index is -0.216. The summed E-state index contributed by atoms with van der Waals surface area (Å²) in [5, 5.41) is 5.87. The summed E-state index contributed by atoms with van der Waals surface area (Å²) in [6.45, 7) is 4.02. The predicted molar refractivity (Wildman–Crippen MR) is 73.4 cm³/mol. The highest BCUT2D eigenvalue weighted by Gasteiger charge is 2.11. The van der Waals surface area contributed by atoms with Gasteiger partial charge in [0.25, 0.3) is 0 Å². The van der Waals surface area contributed by atoms with Crippen LogP contribution in [-0.2, 0) is 6.54 Å². The second-order valence-corrected chi connectivity index (χ2v) is 4.83. The zero-order valence-corrected chi connectivity index (χ0v) is 11.6. The van der Waals surface area contributed by atoms with Crippen LogP contribution in [0.15, 0.2) is 16.9 Å². The van der Waals surface area contributed by atoms with E-state index in [1.165, 1.54) is 4.90 Å². The number of carbonyl (C=O) groups is 1. The fraction of sp³-hybridized carbons (Fsp3) is 0.385. The molecule has 2 heterocycles. The first-order valence-electron chi connectivity index (χ1n) is 6.06. The van der Waals surface area contributed by atoms with Crippen molar-refractivity contribution in [1.82, 2.24) is 19.8 Å². The van der Waals surface area contributed by atoms with E-state index in [1.54, 1.807) is 20.2 Å². The number of hydrogen-bond donors (Lipinski definition) is 2. The fourth-order valence-corrected chi connectivity index (χ4v) is 2.02. The molecular formula is C13H18N4O2. The van der Waals surface area contributed by atoms with Crippen molar-refractivity contribution in [3.05, 3.63) is 39.3 Å². The topological polar surface area (TPSA) is 69.6 Å². The van der Waals surface area contributed by atoms with Crippen LogP contribution in [0.2, 0.25) is 0 Å². The van der Waals surface area contributed by atoms with Crippen LogP contribution in [0.5, 0.6) is 0 Å². The number of pyridine rings is 1. The number of urea groups is 1. The molecule has 0 fully saturated rings. The number of rotatable bonds is 2. The molecule has 2 N–H and O–H groups in total. The van der Waals surface area contributed by atoms with Gasteiger partial charge in [-0.2, -0.15) is 0 Å². The number of fused-ring (bicyclic) bond motifs is 1. The normalized spacial score (nSPS) is 10.7. The van der Waals surface area contributed by atoms with Gasteiger partial charge in [0, 0.05) is 37.1 Å². The van der Waals surface area contributed by atoms with Crippen molar-refractivity contribution >= 4 is 11.5 Å². The van der Waals surface area contributed by atoms with E-state index >= 15 is 0 Å². The van der Waals surface area contributed by atoms with Gasteiger partial charge in [-0.25, -0.2) is 4.79 Å². The van der Waals surface area contributed by atoms with E-state index in [0.717, 1.165) is 16.9 Å². The molecule has 0 unspecified atom stereocenters. The van der Waals surface area contributed by atoms with Crippen molar-refractivity contribution in [2.45, 2.75) is 20.4 Å². The molecular weight excluding hydrogens is 244 g/mol. The first-order chi connectivity index (χ1) is 8.90. The molecule has 0 atom stereocenters. The van der Waals surface area contributed by atoms with Crippen LogP contribution >= 0.6 is 0 Å². The Kier molecular flexibility index (Phi) is 3.33. The molecule has 6 nitrogen and oxygen atoms in total. The van der Waals surface area contributed by atoms with Crippen LogP contribution in [0.1, 0.15) is 17.0 Å². The van der Waals surface area contributed by atoms with Crippen molar-refractivity contribution in [3.8, 4) is 0 Å². The third-order valence-corrected chi connectivity index (χ3v) is 3.08. The molecule has 0 radical (unpaired) electrons. The van der Waals surface area contributed by atoms with Crippen LogP contribution < -0.4 is 10.7 Å². The van der Waals surface area contributed by atoms with Crippen molar-refractivity contribution in [1.29, 1.82) is 0 Å². The number of nitrogens with zero attached hydrogens (tertiary/aromatic N) is 2. The Morgan fingerprint density at radius 2 is 2.05 bits per heavy atom. The molecule has 6 heteroatoms. The average molecular weight is 262 g/mol. The number of aromatic nitrogens is 2. The van der Waals surface area contributed by atoms with E-state index in [1.807, 2.05) is 24.4 Å². The average Bonchev–Trinajstić information content (AvgIpc) is 2.69. The minimum absolute atomic E-state index is 0.0597. The van der Waals surface area contributed by atoms with Crippen LogP contribution in [0, 0.1) is 13.8 Å². The summed E-state index contributed by atoms with van der Waals surface area (Å²) in [5.41, 5.74) is 3.17. The summed E-state index contributed by atoms with van der Waals surface area (Å²) in [6, 6.07) is 3.27. The molecule has 0 aliphatic heterocycles. The highest BCUT2D eigenvalue weighted by molar-refractivity contribution is 5.73. The SMILES string of the molecule is Cc1cc2cc(=O)c(CNC(=O)N(C)C)c(C)n2[nH]1. The molecule has 0 bridgehead atoms. The first-order valence-corrected chi connectivity index (χ1v) is 6.06. The monoisotopic (exact) mass is 262 g/mol. The van der Waals surface area contributed by atoms with Gasteiger partial charge in [-0.1, -0.05) is 0 Å². The second-order valence-electron chi connectivity index (χ2n) is 4.83. The van der Waals surface area contributed by atoms with Gasteiger partial charge in [0.2, 0.25) is 0 Å². The summed E-state index contributed by atoms with van der Waals surface area (Å²) in [4.78, 5) is 25.0. The van der Waals surface area contributed by atoms with Gasteiger partial charge in [-0.05, 0) is 19.9 Å². The highest BCUT2D eigenvalue weighted by atomic mass is 16.2. The van der Waals surface area contributed by atoms with Gasteiger partial charge in [0.05, 0.1) is 12.1 Å². The number of nitrogens with one attached hydrogen (secondary N) is 2. The largest absolute Gasteiger partial charge is 0.334 e. The number of aryl methyl sites for hydroxylation is 2. The number of carbonyl (C=O) groups excluding carboxylic acids is 1. The Morgan fingerprint density at radius 1 is 1.37 bits per heavy atom. The van der Waals surface area contributed by atoms with E-state index < -0.39 is 0 Å². The molecule has 0 spiro atoms. The van der Waals surface area contributed by atoms with Crippen LogP contribution in [0.4, 0.5) is 4.79 Å². The second kappa shape index (κ2) is 4.79. The Balaban J connectivity index is 2.38. The summed E-state index contributed by atoms with van der Waals surface area (Å²) < 4.78 is 1.86. The lowest BCUT2D eigenvalue weighted by molar-refractivity contribution is 0.217. The summed E-state index contributed by atoms with van der Waals surface area (Å²) in [6.07, 6.45) is 0. The number of aromatic amines is 1. The van der Waals surface area contributed by atoms with E-state index in [4.69, 9.17) is 0 Å².